The van der Waals surface area contributed by atoms with Crippen molar-refractivity contribution in [1.82, 2.24) is 0 Å². The van der Waals surface area contributed by atoms with Gasteiger partial charge in [-0.15, -0.1) is 0 Å². The molecule has 2 rings (SSSR count). The predicted molar refractivity (Wildman–Crippen MR) is 72.1 cm³/mol. The summed E-state index contributed by atoms with van der Waals surface area (Å²) >= 11 is 0. The van der Waals surface area contributed by atoms with Gasteiger partial charge in [0, 0.05) is 20.0 Å². The number of carbonyl (C=O) groups excluding carboxylic acids is 1. The highest BCUT2D eigenvalue weighted by atomic mass is 16.2. The van der Waals surface area contributed by atoms with Crippen molar-refractivity contribution in [1.29, 1.82) is 0 Å². The molecule has 0 heterocycles. The zero-order valence-corrected chi connectivity index (χ0v) is 11.1. The van der Waals surface area contributed by atoms with Crippen LogP contribution in [-0.2, 0) is 4.79 Å². The van der Waals surface area contributed by atoms with Gasteiger partial charge in [0.05, 0.1) is 0 Å². The highest BCUT2D eigenvalue weighted by Crippen LogP contribution is 2.30. The number of aliphatic hydroxyl groups is 1. The van der Waals surface area contributed by atoms with E-state index in [-0.39, 0.29) is 0 Å². The molecular weight excluding hydrogens is 212 g/mol. The Hall–Kier alpha value is -1.15. The van der Waals surface area contributed by atoms with Gasteiger partial charge in [-0.05, 0) is 24.3 Å². The minimum Gasteiger partial charge on any atom is -0.400 e. The molecule has 2 heteroatoms. The fourth-order valence-electron chi connectivity index (χ4n) is 2.00. The van der Waals surface area contributed by atoms with Gasteiger partial charge in [-0.25, -0.2) is 0 Å². The van der Waals surface area contributed by atoms with Gasteiger partial charge in [-0.3, -0.25) is 4.79 Å². The number of rotatable bonds is 1. The molecule has 1 saturated carbocycles. The number of hydrogen-bond acceptors (Lipinski definition) is 2. The topological polar surface area (TPSA) is 37.3 Å². The van der Waals surface area contributed by atoms with Gasteiger partial charge in [0.25, 0.3) is 0 Å². The van der Waals surface area contributed by atoms with Crippen LogP contribution in [0, 0.1) is 0 Å². The molecule has 1 aliphatic rings. The molecule has 1 aromatic carbocycles. The van der Waals surface area contributed by atoms with Crippen LogP contribution in [0.5, 0.6) is 0 Å². The summed E-state index contributed by atoms with van der Waals surface area (Å²) in [5, 5.41) is 7.00. The van der Waals surface area contributed by atoms with Gasteiger partial charge in [0.2, 0.25) is 0 Å². The van der Waals surface area contributed by atoms with E-state index in [1.165, 1.54) is 5.56 Å². The Morgan fingerprint density at radius 3 is 1.94 bits per heavy atom. The maximum absolute atomic E-state index is 11.0. The van der Waals surface area contributed by atoms with Crippen LogP contribution in [0.4, 0.5) is 0 Å². The summed E-state index contributed by atoms with van der Waals surface area (Å²) in [7, 11) is 1.00. The Bertz CT molecular complexity index is 283. The van der Waals surface area contributed by atoms with Crippen LogP contribution in [0.25, 0.3) is 0 Å². The molecular formula is C15H24O2. The van der Waals surface area contributed by atoms with Crippen molar-refractivity contribution in [3.05, 3.63) is 35.9 Å². The summed E-state index contributed by atoms with van der Waals surface area (Å²) < 4.78 is 0. The lowest BCUT2D eigenvalue weighted by molar-refractivity contribution is -0.120. The molecule has 2 nitrogen and oxygen atoms in total. The molecule has 1 aliphatic carbocycles. The van der Waals surface area contributed by atoms with E-state index in [9.17, 15) is 4.79 Å². The quantitative estimate of drug-likeness (QED) is 0.809. The monoisotopic (exact) mass is 236 g/mol. The van der Waals surface area contributed by atoms with Crippen molar-refractivity contribution in [3.8, 4) is 0 Å². The van der Waals surface area contributed by atoms with Crippen LogP contribution in [0.15, 0.2) is 30.3 Å². The molecule has 0 aliphatic heterocycles. The Kier molecular flexibility index (Phi) is 9.35. The van der Waals surface area contributed by atoms with Gasteiger partial charge in [-0.1, -0.05) is 44.2 Å². The SMILES string of the molecule is CC.CO.O=C1CCC(c2ccccc2)CC1. The Morgan fingerprint density at radius 2 is 1.47 bits per heavy atom. The molecule has 1 aromatic rings. The molecule has 0 radical (unpaired) electrons. The molecule has 0 amide bonds. The first-order valence-corrected chi connectivity index (χ1v) is 6.37. The molecule has 0 aromatic heterocycles. The summed E-state index contributed by atoms with van der Waals surface area (Å²) in [6, 6.07) is 10.5. The smallest absolute Gasteiger partial charge is 0.132 e. The molecule has 0 bridgehead atoms. The van der Waals surface area contributed by atoms with Crippen molar-refractivity contribution in [2.45, 2.75) is 45.4 Å². The number of Topliss-reactive ketones (excluding diaryl/α,β-unsaturated/α-hetero) is 1. The third kappa shape index (κ3) is 5.64. The Balaban J connectivity index is 0.000000581. The average Bonchev–Trinajstić information content (AvgIpc) is 2.45. The molecule has 0 atom stereocenters. The van der Waals surface area contributed by atoms with E-state index >= 15 is 0 Å². The van der Waals surface area contributed by atoms with E-state index in [1.807, 2.05) is 19.9 Å². The largest absolute Gasteiger partial charge is 0.400 e. The Morgan fingerprint density at radius 1 is 1.00 bits per heavy atom. The lowest BCUT2D eigenvalue weighted by Gasteiger charge is -2.20. The lowest BCUT2D eigenvalue weighted by Crippen LogP contribution is -2.12. The summed E-state index contributed by atoms with van der Waals surface area (Å²) in [4.78, 5) is 11.0. The maximum atomic E-state index is 11.0. The molecule has 1 N–H and O–H groups in total. The van der Waals surface area contributed by atoms with Gasteiger partial charge in [-0.2, -0.15) is 0 Å². The minimum absolute atomic E-state index is 0.437. The summed E-state index contributed by atoms with van der Waals surface area (Å²) in [5.74, 6) is 1.06. The van der Waals surface area contributed by atoms with Crippen molar-refractivity contribution < 1.29 is 9.90 Å². The molecule has 0 spiro atoms. The van der Waals surface area contributed by atoms with Gasteiger partial charge in [0.1, 0.15) is 5.78 Å². The van der Waals surface area contributed by atoms with Crippen LogP contribution >= 0.6 is 0 Å². The van der Waals surface area contributed by atoms with E-state index < -0.39 is 0 Å². The van der Waals surface area contributed by atoms with Crippen molar-refractivity contribution in [3.63, 3.8) is 0 Å². The first-order chi connectivity index (χ1) is 8.36. The highest BCUT2D eigenvalue weighted by molar-refractivity contribution is 5.79. The number of aliphatic hydroxyl groups excluding tert-OH is 1. The predicted octanol–water partition coefficient (Wildman–Crippen LogP) is 3.55. The van der Waals surface area contributed by atoms with Crippen LogP contribution in [0.2, 0.25) is 0 Å². The normalized spacial score (nSPS) is 15.2. The first-order valence-electron chi connectivity index (χ1n) is 6.37. The second-order valence-corrected chi connectivity index (χ2v) is 3.72. The highest BCUT2D eigenvalue weighted by Gasteiger charge is 2.19. The van der Waals surface area contributed by atoms with E-state index in [0.717, 1.165) is 32.8 Å². The Labute approximate surface area is 105 Å². The van der Waals surface area contributed by atoms with Gasteiger partial charge >= 0.3 is 0 Å². The van der Waals surface area contributed by atoms with Crippen molar-refractivity contribution in [2.75, 3.05) is 7.11 Å². The summed E-state index contributed by atoms with van der Waals surface area (Å²) in [6.07, 6.45) is 3.64. The van der Waals surface area contributed by atoms with E-state index in [4.69, 9.17) is 5.11 Å². The van der Waals surface area contributed by atoms with Crippen LogP contribution in [-0.4, -0.2) is 18.0 Å². The summed E-state index contributed by atoms with van der Waals surface area (Å²) in [6.45, 7) is 4.00. The van der Waals surface area contributed by atoms with Crippen LogP contribution < -0.4 is 0 Å². The number of ketones is 1. The fraction of sp³-hybridized carbons (Fsp3) is 0.533. The third-order valence-electron chi connectivity index (χ3n) is 2.81. The molecule has 1 fully saturated rings. The van der Waals surface area contributed by atoms with Gasteiger partial charge in [0.15, 0.2) is 0 Å². The molecule has 0 saturated heterocycles. The summed E-state index contributed by atoms with van der Waals surface area (Å²) in [5.41, 5.74) is 1.40. The lowest BCUT2D eigenvalue weighted by atomic mass is 9.84. The van der Waals surface area contributed by atoms with E-state index in [1.54, 1.807) is 0 Å². The average molecular weight is 236 g/mol. The third-order valence-corrected chi connectivity index (χ3v) is 2.81. The zero-order chi connectivity index (χ0) is 13.1. The maximum Gasteiger partial charge on any atom is 0.132 e. The van der Waals surface area contributed by atoms with E-state index in [2.05, 4.69) is 24.3 Å². The standard InChI is InChI=1S/C12H14O.C2H6.CH4O/c13-12-8-6-11(7-9-12)10-4-2-1-3-5-10;2*1-2/h1-5,11H,6-9H2;1-2H3;2H,1H3. The fourth-order valence-corrected chi connectivity index (χ4v) is 2.00. The van der Waals surface area contributed by atoms with Crippen LogP contribution in [0.1, 0.15) is 51.0 Å². The van der Waals surface area contributed by atoms with Crippen LogP contribution in [0.3, 0.4) is 0 Å². The number of benzene rings is 1. The van der Waals surface area contributed by atoms with E-state index in [0.29, 0.717) is 11.7 Å². The number of carbonyl (C=O) groups is 1. The van der Waals surface area contributed by atoms with Crippen molar-refractivity contribution in [2.24, 2.45) is 0 Å². The second kappa shape index (κ2) is 10.0. The minimum atomic E-state index is 0.437. The number of hydrogen-bond donors (Lipinski definition) is 1. The molecule has 0 unspecified atom stereocenters. The molecule has 96 valence electrons. The van der Waals surface area contributed by atoms with Gasteiger partial charge < -0.3 is 5.11 Å². The second-order valence-electron chi connectivity index (χ2n) is 3.72. The van der Waals surface area contributed by atoms with Crippen molar-refractivity contribution >= 4 is 5.78 Å². The zero-order valence-electron chi connectivity index (χ0n) is 11.1. The first kappa shape index (κ1) is 15.9. The molecule has 17 heavy (non-hydrogen) atoms.